The molecule has 9 nitrogen and oxygen atoms in total. The Morgan fingerprint density at radius 1 is 1.23 bits per heavy atom. The minimum atomic E-state index is -3.87. The molecule has 0 aliphatic heterocycles. The Morgan fingerprint density at radius 2 is 1.90 bits per heavy atom. The predicted molar refractivity (Wildman–Crippen MR) is 114 cm³/mol. The number of hydrogen-bond donors (Lipinski definition) is 1. The summed E-state index contributed by atoms with van der Waals surface area (Å²) >= 11 is 0. The number of anilines is 1. The second-order valence-corrected chi connectivity index (χ2v) is 8.71. The predicted octanol–water partition coefficient (Wildman–Crippen LogP) is 2.56. The molecule has 0 aliphatic carbocycles. The molecule has 0 spiro atoms. The standard InChI is InChI=1S/C20H25N3O6S/c1-14-7-5-10-19(15(14)2)29-12-11-21-20(24)16(3)22(30(4,27)28)17-8-6-9-18(13-17)23(25)26/h5-10,13,16H,11-12H2,1-4H3,(H,21,24)/t16-/m1/s1. The van der Waals surface area contributed by atoms with Crippen LogP contribution < -0.4 is 14.4 Å². The van der Waals surface area contributed by atoms with Crippen molar-refractivity contribution in [1.29, 1.82) is 0 Å². The fraction of sp³-hybridized carbons (Fsp3) is 0.350. The van der Waals surface area contributed by atoms with Gasteiger partial charge in [-0.1, -0.05) is 18.2 Å². The first kappa shape index (κ1) is 23.1. The summed E-state index contributed by atoms with van der Waals surface area (Å²) in [5.41, 5.74) is 1.87. The lowest BCUT2D eigenvalue weighted by Crippen LogP contribution is -2.48. The topological polar surface area (TPSA) is 119 Å². The highest BCUT2D eigenvalue weighted by Crippen LogP contribution is 2.25. The first-order valence-corrected chi connectivity index (χ1v) is 11.1. The van der Waals surface area contributed by atoms with Gasteiger partial charge in [0, 0.05) is 12.1 Å². The Balaban J connectivity index is 2.06. The van der Waals surface area contributed by atoms with Crippen molar-refractivity contribution in [1.82, 2.24) is 5.32 Å². The molecule has 30 heavy (non-hydrogen) atoms. The summed E-state index contributed by atoms with van der Waals surface area (Å²) in [5, 5.41) is 13.7. The van der Waals surface area contributed by atoms with Gasteiger partial charge in [-0.15, -0.1) is 0 Å². The van der Waals surface area contributed by atoms with Crippen molar-refractivity contribution in [3.8, 4) is 5.75 Å². The molecular formula is C20H25N3O6S. The maximum atomic E-state index is 12.5. The van der Waals surface area contributed by atoms with E-state index in [1.54, 1.807) is 0 Å². The van der Waals surface area contributed by atoms with E-state index < -0.39 is 26.9 Å². The number of carbonyl (C=O) groups is 1. The van der Waals surface area contributed by atoms with E-state index in [0.29, 0.717) is 5.75 Å². The highest BCUT2D eigenvalue weighted by molar-refractivity contribution is 7.92. The molecule has 0 aromatic heterocycles. The van der Waals surface area contributed by atoms with Gasteiger partial charge in [-0.05, 0) is 44.0 Å². The Bertz CT molecular complexity index is 1040. The van der Waals surface area contributed by atoms with Gasteiger partial charge in [0.25, 0.3) is 5.69 Å². The van der Waals surface area contributed by atoms with E-state index in [2.05, 4.69) is 5.32 Å². The summed E-state index contributed by atoms with van der Waals surface area (Å²) in [6, 6.07) is 9.72. The second kappa shape index (κ2) is 9.57. The fourth-order valence-electron chi connectivity index (χ4n) is 2.92. The van der Waals surface area contributed by atoms with Crippen LogP contribution in [0.2, 0.25) is 0 Å². The minimum Gasteiger partial charge on any atom is -0.491 e. The molecule has 2 rings (SSSR count). The van der Waals surface area contributed by atoms with Crippen molar-refractivity contribution in [2.24, 2.45) is 0 Å². The average Bonchev–Trinajstić information content (AvgIpc) is 2.67. The lowest BCUT2D eigenvalue weighted by atomic mass is 10.1. The normalized spacial score (nSPS) is 12.1. The van der Waals surface area contributed by atoms with Gasteiger partial charge in [-0.25, -0.2) is 8.42 Å². The zero-order chi connectivity index (χ0) is 22.5. The SMILES string of the molecule is Cc1cccc(OCCNC(=O)[C@@H](C)N(c2cccc([N+](=O)[O-])c2)S(C)(=O)=O)c1C. The van der Waals surface area contributed by atoms with E-state index in [0.717, 1.165) is 27.8 Å². The molecule has 2 aromatic rings. The highest BCUT2D eigenvalue weighted by atomic mass is 32.2. The molecule has 0 fully saturated rings. The monoisotopic (exact) mass is 435 g/mol. The number of nitrogens with one attached hydrogen (secondary N) is 1. The van der Waals surface area contributed by atoms with Gasteiger partial charge in [0.1, 0.15) is 18.4 Å². The molecule has 0 saturated heterocycles. The summed E-state index contributed by atoms with van der Waals surface area (Å²) in [5.74, 6) is 0.170. The lowest BCUT2D eigenvalue weighted by Gasteiger charge is -2.28. The van der Waals surface area contributed by atoms with Gasteiger partial charge in [-0.3, -0.25) is 19.2 Å². The third-order valence-corrected chi connectivity index (χ3v) is 5.84. The van der Waals surface area contributed by atoms with E-state index in [-0.39, 0.29) is 24.5 Å². The molecule has 2 aromatic carbocycles. The summed E-state index contributed by atoms with van der Waals surface area (Å²) in [6.45, 7) is 5.70. The van der Waals surface area contributed by atoms with E-state index >= 15 is 0 Å². The number of sulfonamides is 1. The van der Waals surface area contributed by atoms with E-state index in [9.17, 15) is 23.3 Å². The largest absolute Gasteiger partial charge is 0.491 e. The first-order chi connectivity index (χ1) is 14.0. The van der Waals surface area contributed by atoms with E-state index in [1.165, 1.54) is 25.1 Å². The molecule has 0 radical (unpaired) electrons. The van der Waals surface area contributed by atoms with Crippen molar-refractivity contribution < 1.29 is 22.9 Å². The molecule has 10 heteroatoms. The smallest absolute Gasteiger partial charge is 0.271 e. The molecule has 0 bridgehead atoms. The van der Waals surface area contributed by atoms with Gasteiger partial charge in [0.05, 0.1) is 23.4 Å². The van der Waals surface area contributed by atoms with Gasteiger partial charge in [0.2, 0.25) is 15.9 Å². The van der Waals surface area contributed by atoms with Gasteiger partial charge >= 0.3 is 0 Å². The number of carbonyl (C=O) groups excluding carboxylic acids is 1. The Hall–Kier alpha value is -3.14. The third kappa shape index (κ3) is 5.69. The van der Waals surface area contributed by atoms with Crippen molar-refractivity contribution in [2.75, 3.05) is 23.7 Å². The number of amides is 1. The number of aryl methyl sites for hydroxylation is 1. The molecule has 1 atom stereocenters. The highest BCUT2D eigenvalue weighted by Gasteiger charge is 2.29. The van der Waals surface area contributed by atoms with Crippen LogP contribution in [0.3, 0.4) is 0 Å². The zero-order valence-electron chi connectivity index (χ0n) is 17.3. The Morgan fingerprint density at radius 3 is 2.53 bits per heavy atom. The molecule has 0 heterocycles. The fourth-order valence-corrected chi connectivity index (χ4v) is 4.08. The van der Waals surface area contributed by atoms with Crippen LogP contribution in [0.1, 0.15) is 18.1 Å². The maximum Gasteiger partial charge on any atom is 0.271 e. The number of nitro benzene ring substituents is 1. The van der Waals surface area contributed by atoms with E-state index in [4.69, 9.17) is 4.74 Å². The third-order valence-electron chi connectivity index (χ3n) is 4.60. The average molecular weight is 436 g/mol. The molecule has 0 aliphatic rings. The zero-order valence-corrected chi connectivity index (χ0v) is 18.1. The number of ether oxygens (including phenoxy) is 1. The van der Waals surface area contributed by atoms with Gasteiger partial charge < -0.3 is 10.1 Å². The molecule has 1 amide bonds. The van der Waals surface area contributed by atoms with Gasteiger partial charge in [0.15, 0.2) is 0 Å². The molecule has 162 valence electrons. The second-order valence-electron chi connectivity index (χ2n) is 6.85. The summed E-state index contributed by atoms with van der Waals surface area (Å²) in [4.78, 5) is 22.9. The lowest BCUT2D eigenvalue weighted by molar-refractivity contribution is -0.384. The molecule has 0 unspecified atom stereocenters. The first-order valence-electron chi connectivity index (χ1n) is 9.23. The number of benzene rings is 2. The van der Waals surface area contributed by atoms with Gasteiger partial charge in [-0.2, -0.15) is 0 Å². The number of nitrogens with zero attached hydrogens (tertiary/aromatic N) is 2. The molecule has 0 saturated carbocycles. The van der Waals surface area contributed by atoms with E-state index in [1.807, 2.05) is 32.0 Å². The van der Waals surface area contributed by atoms with Crippen LogP contribution in [-0.4, -0.2) is 44.7 Å². The van der Waals surface area contributed by atoms with Crippen LogP contribution in [0.15, 0.2) is 42.5 Å². The number of rotatable bonds is 9. The van der Waals surface area contributed by atoms with Crippen molar-refractivity contribution in [3.63, 3.8) is 0 Å². The van der Waals surface area contributed by atoms with Crippen LogP contribution in [0.5, 0.6) is 5.75 Å². The summed E-state index contributed by atoms with van der Waals surface area (Å²) in [7, 11) is -3.87. The van der Waals surface area contributed by atoms with Crippen molar-refractivity contribution in [3.05, 3.63) is 63.7 Å². The van der Waals surface area contributed by atoms with Crippen LogP contribution >= 0.6 is 0 Å². The number of non-ortho nitro benzene ring substituents is 1. The minimum absolute atomic E-state index is 0.0426. The number of hydrogen-bond acceptors (Lipinski definition) is 6. The quantitative estimate of drug-likeness (QED) is 0.367. The van der Waals surface area contributed by atoms with Crippen molar-refractivity contribution >= 4 is 27.3 Å². The van der Waals surface area contributed by atoms with Crippen LogP contribution in [0, 0.1) is 24.0 Å². The Labute approximate surface area is 175 Å². The van der Waals surface area contributed by atoms with Crippen LogP contribution in [-0.2, 0) is 14.8 Å². The summed E-state index contributed by atoms with van der Waals surface area (Å²) in [6.07, 6.45) is 0.944. The number of nitro groups is 1. The summed E-state index contributed by atoms with van der Waals surface area (Å²) < 4.78 is 31.1. The van der Waals surface area contributed by atoms with Crippen LogP contribution in [0.25, 0.3) is 0 Å². The van der Waals surface area contributed by atoms with Crippen molar-refractivity contribution in [2.45, 2.75) is 26.8 Å². The maximum absolute atomic E-state index is 12.5. The Kier molecular flexibility index (Phi) is 7.38. The molecular weight excluding hydrogens is 410 g/mol. The van der Waals surface area contributed by atoms with Crippen LogP contribution in [0.4, 0.5) is 11.4 Å². The molecule has 1 N–H and O–H groups in total.